The van der Waals surface area contributed by atoms with Gasteiger partial charge in [-0.1, -0.05) is 0 Å². The first-order valence-electron chi connectivity index (χ1n) is 4.21. The molecule has 5 nitrogen and oxygen atoms in total. The number of pyridine rings is 1. The molecule has 14 heavy (non-hydrogen) atoms. The third-order valence-electron chi connectivity index (χ3n) is 1.63. The van der Waals surface area contributed by atoms with Gasteiger partial charge in [0.1, 0.15) is 0 Å². The Morgan fingerprint density at radius 2 is 2.29 bits per heavy atom. The highest BCUT2D eigenvalue weighted by Gasteiger charge is 2.17. The van der Waals surface area contributed by atoms with Crippen LogP contribution in [0, 0.1) is 0 Å². The van der Waals surface area contributed by atoms with Crippen molar-refractivity contribution in [2.75, 3.05) is 6.61 Å². The maximum Gasteiger partial charge on any atom is 0.409 e. The number of rotatable bonds is 3. The molecule has 0 saturated heterocycles. The van der Waals surface area contributed by atoms with Gasteiger partial charge in [0.2, 0.25) is 12.3 Å². The topological polar surface area (TPSA) is 70.6 Å². The Balaban J connectivity index is 2.76. The van der Waals surface area contributed by atoms with Gasteiger partial charge in [-0.15, -0.1) is 0 Å². The van der Waals surface area contributed by atoms with Crippen LogP contribution in [0.4, 0.5) is 0 Å². The van der Waals surface area contributed by atoms with Gasteiger partial charge in [-0.2, -0.15) is 4.57 Å². The van der Waals surface area contributed by atoms with Crippen LogP contribution in [0.25, 0.3) is 0 Å². The van der Waals surface area contributed by atoms with E-state index in [0.29, 0.717) is 6.61 Å². The zero-order chi connectivity index (χ0) is 10.6. The summed E-state index contributed by atoms with van der Waals surface area (Å²) in [6.45, 7) is 1.87. The molecule has 0 radical (unpaired) electrons. The molecule has 1 heterocycles. The quantitative estimate of drug-likeness (QED) is 0.527. The van der Waals surface area contributed by atoms with Gasteiger partial charge in [0.15, 0.2) is 6.20 Å². The van der Waals surface area contributed by atoms with Crippen molar-refractivity contribution in [2.24, 2.45) is 0 Å². The van der Waals surface area contributed by atoms with Crippen LogP contribution in [0.2, 0.25) is 0 Å². The summed E-state index contributed by atoms with van der Waals surface area (Å²) in [6, 6.07) is 2.85. The van der Waals surface area contributed by atoms with Crippen LogP contribution in [-0.2, 0) is 16.1 Å². The van der Waals surface area contributed by atoms with Crippen molar-refractivity contribution in [3.63, 3.8) is 0 Å². The van der Waals surface area contributed by atoms with Crippen molar-refractivity contribution < 1.29 is 24.3 Å². The number of carbonyl (C=O) groups excluding carboxylic acids is 1. The van der Waals surface area contributed by atoms with Crippen LogP contribution in [-0.4, -0.2) is 22.8 Å². The highest BCUT2D eigenvalue weighted by atomic mass is 16.5. The molecule has 0 atom stereocenters. The average Bonchev–Trinajstić information content (AvgIpc) is 2.13. The average molecular weight is 198 g/mol. The van der Waals surface area contributed by atoms with E-state index >= 15 is 0 Å². The Bertz CT molecular complexity index is 338. The third-order valence-corrected chi connectivity index (χ3v) is 1.63. The summed E-state index contributed by atoms with van der Waals surface area (Å²) in [4.78, 5) is 11.0. The number of hydrogen-bond donors (Lipinski definition) is 2. The van der Waals surface area contributed by atoms with Crippen LogP contribution in [0.3, 0.4) is 0 Å². The number of hydrogen-bond acceptors (Lipinski definition) is 4. The SMILES string of the molecule is CCOC(=O)C[n+]1cccc(O)c1O. The highest BCUT2D eigenvalue weighted by molar-refractivity contribution is 5.67. The van der Waals surface area contributed by atoms with Crippen molar-refractivity contribution >= 4 is 5.97 Å². The first-order chi connectivity index (χ1) is 6.65. The molecule has 5 heteroatoms. The lowest BCUT2D eigenvalue weighted by Gasteiger charge is -2.00. The van der Waals surface area contributed by atoms with Crippen molar-refractivity contribution in [3.8, 4) is 11.6 Å². The van der Waals surface area contributed by atoms with E-state index in [1.165, 1.54) is 22.9 Å². The van der Waals surface area contributed by atoms with Gasteiger partial charge in [0, 0.05) is 6.07 Å². The van der Waals surface area contributed by atoms with Crippen molar-refractivity contribution in [1.82, 2.24) is 0 Å². The van der Waals surface area contributed by atoms with Crippen molar-refractivity contribution in [1.29, 1.82) is 0 Å². The van der Waals surface area contributed by atoms with E-state index in [9.17, 15) is 9.90 Å². The van der Waals surface area contributed by atoms with E-state index in [-0.39, 0.29) is 18.2 Å². The lowest BCUT2D eigenvalue weighted by Crippen LogP contribution is -2.38. The monoisotopic (exact) mass is 198 g/mol. The van der Waals surface area contributed by atoms with Crippen LogP contribution in [0.1, 0.15) is 6.92 Å². The molecule has 0 fully saturated rings. The maximum atomic E-state index is 11.0. The molecule has 0 bridgehead atoms. The molecule has 1 aromatic rings. The number of aromatic hydroxyl groups is 2. The lowest BCUT2D eigenvalue weighted by atomic mass is 10.4. The van der Waals surface area contributed by atoms with Gasteiger partial charge in [-0.05, 0) is 13.0 Å². The second kappa shape index (κ2) is 4.45. The molecule has 0 saturated carbocycles. The van der Waals surface area contributed by atoms with Crippen LogP contribution in [0.5, 0.6) is 11.6 Å². The molecule has 76 valence electrons. The Hall–Kier alpha value is -1.78. The lowest BCUT2D eigenvalue weighted by molar-refractivity contribution is -0.692. The fourth-order valence-electron chi connectivity index (χ4n) is 1.00. The Kier molecular flexibility index (Phi) is 3.28. The molecule has 2 N–H and O–H groups in total. The summed E-state index contributed by atoms with van der Waals surface area (Å²) in [6.07, 6.45) is 1.48. The van der Waals surface area contributed by atoms with Gasteiger partial charge < -0.3 is 14.9 Å². The molecule has 0 aliphatic heterocycles. The smallest absolute Gasteiger partial charge is 0.409 e. The minimum absolute atomic E-state index is 0.117. The molecular weight excluding hydrogens is 186 g/mol. The molecule has 0 aliphatic rings. The largest absolute Gasteiger partial charge is 0.500 e. The number of aromatic nitrogens is 1. The van der Waals surface area contributed by atoms with Gasteiger partial charge in [-0.3, -0.25) is 0 Å². The van der Waals surface area contributed by atoms with Crippen LogP contribution >= 0.6 is 0 Å². The maximum absolute atomic E-state index is 11.0. The zero-order valence-electron chi connectivity index (χ0n) is 7.80. The van der Waals surface area contributed by atoms with Crippen molar-refractivity contribution in [2.45, 2.75) is 13.5 Å². The standard InChI is InChI=1S/C9H11NO4/c1-2-14-8(12)6-10-5-3-4-7(11)9(10)13/h3-5,11H,2,6H2,1H3/p+1. The number of nitrogens with zero attached hydrogens (tertiary/aromatic N) is 1. The molecular formula is C9H12NO4+. The second-order valence-electron chi connectivity index (χ2n) is 2.65. The molecule has 1 rings (SSSR count). The normalized spacial score (nSPS) is 9.79. The summed E-state index contributed by atoms with van der Waals surface area (Å²) in [5.41, 5.74) is 0. The van der Waals surface area contributed by atoms with E-state index in [4.69, 9.17) is 5.11 Å². The van der Waals surface area contributed by atoms with E-state index in [1.54, 1.807) is 6.92 Å². The number of ether oxygens (including phenoxy) is 1. The van der Waals surface area contributed by atoms with Gasteiger partial charge in [-0.25, -0.2) is 4.79 Å². The first-order valence-corrected chi connectivity index (χ1v) is 4.21. The molecule has 0 unspecified atom stereocenters. The van der Waals surface area contributed by atoms with E-state index < -0.39 is 5.97 Å². The van der Waals surface area contributed by atoms with E-state index in [0.717, 1.165) is 0 Å². The third kappa shape index (κ3) is 2.35. The zero-order valence-corrected chi connectivity index (χ0v) is 7.80. The first kappa shape index (κ1) is 10.3. The number of esters is 1. The summed E-state index contributed by atoms with van der Waals surface area (Å²) in [5.74, 6) is -1.07. The summed E-state index contributed by atoms with van der Waals surface area (Å²) in [5, 5.41) is 18.4. The fraction of sp³-hybridized carbons (Fsp3) is 0.333. The summed E-state index contributed by atoms with van der Waals surface area (Å²) in [7, 11) is 0. The van der Waals surface area contributed by atoms with E-state index in [1.807, 2.05) is 0 Å². The minimum Gasteiger partial charge on any atom is -0.500 e. The summed E-state index contributed by atoms with van der Waals surface area (Å²) >= 11 is 0. The Morgan fingerprint density at radius 1 is 1.57 bits per heavy atom. The molecule has 0 aliphatic carbocycles. The second-order valence-corrected chi connectivity index (χ2v) is 2.65. The molecule has 0 spiro atoms. The van der Waals surface area contributed by atoms with Gasteiger partial charge in [0.25, 0.3) is 0 Å². The summed E-state index contributed by atoms with van der Waals surface area (Å²) < 4.78 is 5.89. The van der Waals surface area contributed by atoms with E-state index in [2.05, 4.69) is 4.74 Å². The minimum atomic E-state index is -0.460. The molecule has 0 amide bonds. The predicted octanol–water partition coefficient (Wildman–Crippen LogP) is -0.0516. The van der Waals surface area contributed by atoms with Gasteiger partial charge >= 0.3 is 11.8 Å². The molecule has 1 aromatic heterocycles. The Labute approximate surface area is 81.2 Å². The van der Waals surface area contributed by atoms with Crippen LogP contribution < -0.4 is 4.57 Å². The van der Waals surface area contributed by atoms with Crippen LogP contribution in [0.15, 0.2) is 18.3 Å². The highest BCUT2D eigenvalue weighted by Crippen LogP contribution is 2.16. The predicted molar refractivity (Wildman–Crippen MR) is 46.6 cm³/mol. The fourth-order valence-corrected chi connectivity index (χ4v) is 1.00. The molecule has 0 aromatic carbocycles. The Morgan fingerprint density at radius 3 is 2.93 bits per heavy atom. The van der Waals surface area contributed by atoms with Crippen molar-refractivity contribution in [3.05, 3.63) is 18.3 Å². The van der Waals surface area contributed by atoms with Gasteiger partial charge in [0.05, 0.1) is 6.61 Å². The number of carbonyl (C=O) groups is 1.